The number of fused-ring (bicyclic) bond motifs is 2. The lowest BCUT2D eigenvalue weighted by atomic mass is 9.93. The van der Waals surface area contributed by atoms with E-state index in [2.05, 4.69) is 18.0 Å². The average molecular weight is 137 g/mol. The van der Waals surface area contributed by atoms with Crippen LogP contribution in [0, 0.1) is 5.92 Å². The lowest BCUT2D eigenvalue weighted by molar-refractivity contribution is 0.344. The lowest BCUT2D eigenvalue weighted by Gasteiger charge is -2.26. The topological polar surface area (TPSA) is 12.0 Å². The first-order valence-corrected chi connectivity index (χ1v) is 4.27. The number of nitrogens with one attached hydrogen (secondary N) is 1. The van der Waals surface area contributed by atoms with Gasteiger partial charge in [-0.2, -0.15) is 0 Å². The van der Waals surface area contributed by atoms with Crippen LogP contribution in [0.25, 0.3) is 0 Å². The molecule has 0 aliphatic carbocycles. The molecule has 0 aromatic heterocycles. The van der Waals surface area contributed by atoms with Crippen LogP contribution in [0.1, 0.15) is 25.7 Å². The smallest absolute Gasteiger partial charge is 0.00758 e. The first-order chi connectivity index (χ1) is 4.88. The molecule has 1 N–H and O–H groups in total. The minimum absolute atomic E-state index is 0.804. The summed E-state index contributed by atoms with van der Waals surface area (Å²) in [4.78, 5) is 0. The van der Waals surface area contributed by atoms with Crippen molar-refractivity contribution in [3.63, 3.8) is 0 Å². The molecule has 2 bridgehead atoms. The lowest BCUT2D eigenvalue weighted by Crippen LogP contribution is -2.37. The Bertz CT molecular complexity index is 130. The van der Waals surface area contributed by atoms with Gasteiger partial charge in [0.1, 0.15) is 0 Å². The number of hydrogen-bond donors (Lipinski definition) is 1. The Kier molecular flexibility index (Phi) is 1.53. The summed E-state index contributed by atoms with van der Waals surface area (Å²) in [5, 5.41) is 3.61. The molecule has 2 fully saturated rings. The first-order valence-electron chi connectivity index (χ1n) is 4.27. The molecule has 0 spiro atoms. The van der Waals surface area contributed by atoms with Crippen molar-refractivity contribution >= 4 is 0 Å². The van der Waals surface area contributed by atoms with Crippen LogP contribution in [0.4, 0.5) is 0 Å². The quantitative estimate of drug-likeness (QED) is 0.542. The molecule has 1 heteroatoms. The molecule has 56 valence electrons. The summed E-state index contributed by atoms with van der Waals surface area (Å²) < 4.78 is 0. The van der Waals surface area contributed by atoms with Crippen molar-refractivity contribution in [2.45, 2.75) is 37.8 Å². The van der Waals surface area contributed by atoms with E-state index in [1.807, 2.05) is 0 Å². The van der Waals surface area contributed by atoms with Gasteiger partial charge in [0.25, 0.3) is 0 Å². The van der Waals surface area contributed by atoms with Gasteiger partial charge in [-0.3, -0.25) is 0 Å². The number of piperidine rings is 1. The molecule has 1 nitrogen and oxygen atoms in total. The summed E-state index contributed by atoms with van der Waals surface area (Å²) in [5.41, 5.74) is 0. The molecular weight excluding hydrogens is 122 g/mol. The third-order valence-corrected chi connectivity index (χ3v) is 2.84. The molecule has 2 saturated heterocycles. The summed E-state index contributed by atoms with van der Waals surface area (Å²) in [5.74, 6) is 0.804. The largest absolute Gasteiger partial charge is 0.311 e. The zero-order chi connectivity index (χ0) is 6.97. The van der Waals surface area contributed by atoms with Crippen molar-refractivity contribution in [2.75, 3.05) is 0 Å². The van der Waals surface area contributed by atoms with Crippen molar-refractivity contribution < 1.29 is 0 Å². The molecule has 2 atom stereocenters. The van der Waals surface area contributed by atoms with Crippen LogP contribution >= 0.6 is 0 Å². The van der Waals surface area contributed by atoms with E-state index in [1.165, 1.54) is 25.7 Å². The van der Waals surface area contributed by atoms with E-state index in [1.54, 1.807) is 0 Å². The monoisotopic (exact) mass is 137 g/mol. The van der Waals surface area contributed by atoms with Crippen molar-refractivity contribution in [1.29, 1.82) is 0 Å². The Labute approximate surface area is 62.5 Å². The van der Waals surface area contributed by atoms with Gasteiger partial charge in [-0.15, -0.1) is 6.58 Å². The molecule has 2 unspecified atom stereocenters. The minimum atomic E-state index is 0.804. The highest BCUT2D eigenvalue weighted by Gasteiger charge is 2.31. The van der Waals surface area contributed by atoms with Crippen molar-refractivity contribution in [3.8, 4) is 0 Å². The Morgan fingerprint density at radius 1 is 1.20 bits per heavy atom. The maximum atomic E-state index is 3.85. The van der Waals surface area contributed by atoms with Crippen LogP contribution in [0.3, 0.4) is 0 Å². The molecule has 10 heavy (non-hydrogen) atoms. The van der Waals surface area contributed by atoms with E-state index in [0.29, 0.717) is 0 Å². The standard InChI is InChI=1S/C9H15N/c1-2-7-5-8-3-4-9(6-7)10-8/h2,7-10H,1,3-6H2. The second-order valence-electron chi connectivity index (χ2n) is 3.61. The third-order valence-electron chi connectivity index (χ3n) is 2.84. The number of rotatable bonds is 1. The predicted molar refractivity (Wildman–Crippen MR) is 42.9 cm³/mol. The summed E-state index contributed by atoms with van der Waals surface area (Å²) in [7, 11) is 0. The van der Waals surface area contributed by atoms with Crippen molar-refractivity contribution in [3.05, 3.63) is 12.7 Å². The van der Waals surface area contributed by atoms with Gasteiger partial charge in [-0.25, -0.2) is 0 Å². The fraction of sp³-hybridized carbons (Fsp3) is 0.778. The minimum Gasteiger partial charge on any atom is -0.311 e. The average Bonchev–Trinajstić information content (AvgIpc) is 2.30. The van der Waals surface area contributed by atoms with Crippen LogP contribution in [0.2, 0.25) is 0 Å². The highest BCUT2D eigenvalue weighted by molar-refractivity contribution is 4.96. The maximum Gasteiger partial charge on any atom is 0.00758 e. The fourth-order valence-electron chi connectivity index (χ4n) is 2.29. The van der Waals surface area contributed by atoms with Gasteiger partial charge in [0.2, 0.25) is 0 Å². The summed E-state index contributed by atoms with van der Waals surface area (Å²) in [6, 6.07) is 1.64. The van der Waals surface area contributed by atoms with Crippen LogP contribution in [0.15, 0.2) is 12.7 Å². The van der Waals surface area contributed by atoms with Gasteiger partial charge in [-0.1, -0.05) is 6.08 Å². The van der Waals surface area contributed by atoms with Crippen LogP contribution < -0.4 is 5.32 Å². The van der Waals surface area contributed by atoms with Gasteiger partial charge < -0.3 is 5.32 Å². The Balaban J connectivity index is 2.02. The number of allylic oxidation sites excluding steroid dienone is 1. The van der Waals surface area contributed by atoms with Gasteiger partial charge in [-0.05, 0) is 31.6 Å². The zero-order valence-corrected chi connectivity index (χ0v) is 6.34. The normalized spacial score (nSPS) is 45.4. The molecule has 2 aliphatic rings. The maximum absolute atomic E-state index is 3.85. The molecule has 0 aromatic rings. The van der Waals surface area contributed by atoms with E-state index in [4.69, 9.17) is 0 Å². The van der Waals surface area contributed by atoms with Gasteiger partial charge in [0.15, 0.2) is 0 Å². The molecule has 2 heterocycles. The van der Waals surface area contributed by atoms with Crippen LogP contribution in [0.5, 0.6) is 0 Å². The van der Waals surface area contributed by atoms with Crippen LogP contribution in [-0.4, -0.2) is 12.1 Å². The van der Waals surface area contributed by atoms with Gasteiger partial charge in [0, 0.05) is 12.1 Å². The van der Waals surface area contributed by atoms with Crippen LogP contribution in [-0.2, 0) is 0 Å². The summed E-state index contributed by atoms with van der Waals surface area (Å²) >= 11 is 0. The second-order valence-corrected chi connectivity index (χ2v) is 3.61. The van der Waals surface area contributed by atoms with Crippen molar-refractivity contribution in [2.24, 2.45) is 5.92 Å². The Morgan fingerprint density at radius 2 is 1.80 bits per heavy atom. The summed E-state index contributed by atoms with van der Waals surface area (Å²) in [6.45, 7) is 3.85. The fourth-order valence-corrected chi connectivity index (χ4v) is 2.29. The molecule has 2 aliphatic heterocycles. The molecule has 2 rings (SSSR count). The van der Waals surface area contributed by atoms with Gasteiger partial charge >= 0.3 is 0 Å². The summed E-state index contributed by atoms with van der Waals surface area (Å²) in [6.07, 6.45) is 7.59. The van der Waals surface area contributed by atoms with E-state index >= 15 is 0 Å². The molecular formula is C9H15N. The predicted octanol–water partition coefficient (Wildman–Crippen LogP) is 1.70. The van der Waals surface area contributed by atoms with Gasteiger partial charge in [0.05, 0.1) is 0 Å². The highest BCUT2D eigenvalue weighted by Crippen LogP contribution is 2.30. The van der Waals surface area contributed by atoms with Crippen molar-refractivity contribution in [1.82, 2.24) is 5.32 Å². The Morgan fingerprint density at radius 3 is 2.30 bits per heavy atom. The molecule has 0 amide bonds. The SMILES string of the molecule is C=CC1CC2CCC(C1)N2. The van der Waals surface area contributed by atoms with E-state index in [-0.39, 0.29) is 0 Å². The van der Waals surface area contributed by atoms with E-state index in [0.717, 1.165) is 18.0 Å². The van der Waals surface area contributed by atoms with E-state index in [9.17, 15) is 0 Å². The molecule has 0 saturated carbocycles. The first kappa shape index (κ1) is 6.41. The number of hydrogen-bond acceptors (Lipinski definition) is 1. The highest BCUT2D eigenvalue weighted by atomic mass is 15.0. The van der Waals surface area contributed by atoms with E-state index < -0.39 is 0 Å². The molecule has 0 radical (unpaired) electrons. The second kappa shape index (κ2) is 2.39. The zero-order valence-electron chi connectivity index (χ0n) is 6.34. The third kappa shape index (κ3) is 0.988. The Hall–Kier alpha value is -0.300. The molecule has 0 aromatic carbocycles.